The van der Waals surface area contributed by atoms with E-state index in [1.54, 1.807) is 31.2 Å². The van der Waals surface area contributed by atoms with Gasteiger partial charge in [-0.2, -0.15) is 0 Å². The van der Waals surface area contributed by atoms with Crippen molar-refractivity contribution in [2.24, 2.45) is 0 Å². The van der Waals surface area contributed by atoms with Gasteiger partial charge in [-0.25, -0.2) is 19.7 Å². The Morgan fingerprint density at radius 2 is 1.58 bits per heavy atom. The maximum Gasteiger partial charge on any atom is 0.338 e. The number of fused-ring (bicyclic) bond motifs is 2. The van der Waals surface area contributed by atoms with Gasteiger partial charge < -0.3 is 4.74 Å². The van der Waals surface area contributed by atoms with Crippen LogP contribution in [0.4, 0.5) is 5.69 Å². The fourth-order valence-corrected chi connectivity index (χ4v) is 3.80. The van der Waals surface area contributed by atoms with E-state index in [-0.39, 0.29) is 23.3 Å². The predicted octanol–water partition coefficient (Wildman–Crippen LogP) is 4.75. The Bertz CT molecular complexity index is 1450. The molecule has 0 saturated carbocycles. The van der Waals surface area contributed by atoms with Crippen LogP contribution in [0.5, 0.6) is 0 Å². The average Bonchev–Trinajstić information content (AvgIpc) is 3.07. The van der Waals surface area contributed by atoms with Crippen LogP contribution >= 0.6 is 11.6 Å². The van der Waals surface area contributed by atoms with E-state index in [0.29, 0.717) is 27.6 Å². The molecule has 0 bridgehead atoms. The van der Waals surface area contributed by atoms with Crippen molar-refractivity contribution in [1.82, 2.24) is 9.97 Å². The minimum atomic E-state index is -0.627. The van der Waals surface area contributed by atoms with Crippen molar-refractivity contribution < 1.29 is 19.1 Å². The third-order valence-corrected chi connectivity index (χ3v) is 5.64. The van der Waals surface area contributed by atoms with E-state index in [9.17, 15) is 14.4 Å². The third kappa shape index (κ3) is 3.72. The number of aromatic nitrogens is 2. The molecule has 0 fully saturated rings. The third-order valence-electron chi connectivity index (χ3n) is 5.39. The Hall–Kier alpha value is -4.10. The number of carbonyl (C=O) groups excluding carboxylic acids is 3. The van der Waals surface area contributed by atoms with E-state index in [2.05, 4.69) is 9.97 Å². The fraction of sp³-hybridized carbons (Fsp3) is 0.0800. The largest absolute Gasteiger partial charge is 0.456 e. The van der Waals surface area contributed by atoms with Gasteiger partial charge in [-0.05, 0) is 61.5 Å². The molecule has 0 spiro atoms. The predicted molar refractivity (Wildman–Crippen MR) is 122 cm³/mol. The number of benzene rings is 3. The molecule has 2 amide bonds. The van der Waals surface area contributed by atoms with Crippen LogP contribution in [0.3, 0.4) is 0 Å². The molecular formula is C25H16ClN3O4. The second-order valence-corrected chi connectivity index (χ2v) is 7.94. The molecule has 1 aliphatic heterocycles. The number of anilines is 1. The molecule has 5 rings (SSSR count). The Morgan fingerprint density at radius 3 is 2.30 bits per heavy atom. The van der Waals surface area contributed by atoms with Crippen LogP contribution in [0.2, 0.25) is 5.02 Å². The van der Waals surface area contributed by atoms with Crippen molar-refractivity contribution in [2.45, 2.75) is 13.5 Å². The molecule has 2 heterocycles. The zero-order chi connectivity index (χ0) is 23.1. The van der Waals surface area contributed by atoms with Gasteiger partial charge in [-0.3, -0.25) is 9.59 Å². The molecule has 0 aliphatic carbocycles. The summed E-state index contributed by atoms with van der Waals surface area (Å²) in [4.78, 5) is 48.4. The number of esters is 1. The maximum atomic E-state index is 12.9. The Labute approximate surface area is 193 Å². The topological polar surface area (TPSA) is 89.5 Å². The number of hydrogen-bond acceptors (Lipinski definition) is 6. The summed E-state index contributed by atoms with van der Waals surface area (Å²) in [6.07, 6.45) is 0. The van der Waals surface area contributed by atoms with Crippen LogP contribution in [-0.2, 0) is 11.3 Å². The number of ether oxygens (including phenoxy) is 1. The summed E-state index contributed by atoms with van der Waals surface area (Å²) in [6, 6.07) is 18.1. The number of hydrogen-bond donors (Lipinski definition) is 0. The average molecular weight is 458 g/mol. The van der Waals surface area contributed by atoms with Gasteiger partial charge in [0.05, 0.1) is 44.8 Å². The monoisotopic (exact) mass is 457 g/mol. The number of amides is 2. The molecule has 0 atom stereocenters. The molecular weight excluding hydrogens is 442 g/mol. The number of aryl methyl sites for hydroxylation is 1. The van der Waals surface area contributed by atoms with Crippen LogP contribution < -0.4 is 4.90 Å². The number of para-hydroxylation sites is 2. The van der Waals surface area contributed by atoms with Gasteiger partial charge in [-0.15, -0.1) is 0 Å². The highest BCUT2D eigenvalue weighted by Gasteiger charge is 2.37. The molecule has 1 aromatic heterocycles. The van der Waals surface area contributed by atoms with Gasteiger partial charge in [0, 0.05) is 5.02 Å². The number of carbonyl (C=O) groups is 3. The minimum Gasteiger partial charge on any atom is -0.456 e. The lowest BCUT2D eigenvalue weighted by atomic mass is 10.1. The second kappa shape index (κ2) is 8.11. The highest BCUT2D eigenvalue weighted by atomic mass is 35.5. The molecule has 3 aromatic carbocycles. The molecule has 0 radical (unpaired) electrons. The molecule has 8 heteroatoms. The SMILES string of the molecule is Cc1nc2ccccc2nc1COC(=O)c1ccc2c(c1)C(=O)N(c1ccc(Cl)cc1)C2=O. The molecule has 7 nitrogen and oxygen atoms in total. The first-order valence-electron chi connectivity index (χ1n) is 10.1. The highest BCUT2D eigenvalue weighted by Crippen LogP contribution is 2.30. The van der Waals surface area contributed by atoms with E-state index in [1.165, 1.54) is 18.2 Å². The van der Waals surface area contributed by atoms with Gasteiger partial charge >= 0.3 is 5.97 Å². The van der Waals surface area contributed by atoms with E-state index in [4.69, 9.17) is 16.3 Å². The fourth-order valence-electron chi connectivity index (χ4n) is 3.67. The Kier molecular flexibility index (Phi) is 5.11. The molecule has 0 N–H and O–H groups in total. The van der Waals surface area contributed by atoms with Crippen LogP contribution in [0, 0.1) is 6.92 Å². The quantitative estimate of drug-likeness (QED) is 0.324. The summed E-state index contributed by atoms with van der Waals surface area (Å²) in [5.74, 6) is -1.60. The van der Waals surface area contributed by atoms with E-state index in [0.717, 1.165) is 10.4 Å². The molecule has 4 aromatic rings. The number of imide groups is 1. The standard InChI is InChI=1S/C25H16ClN3O4/c1-14-22(28-21-5-3-2-4-20(21)27-14)13-33-25(32)15-6-11-18-19(12-15)24(31)29(23(18)30)17-9-7-16(26)8-10-17/h2-12H,13H2,1H3. The minimum absolute atomic E-state index is 0.0661. The molecule has 1 aliphatic rings. The normalized spacial score (nSPS) is 12.8. The smallest absolute Gasteiger partial charge is 0.338 e. The van der Waals surface area contributed by atoms with Gasteiger partial charge in [0.1, 0.15) is 6.61 Å². The molecule has 0 unspecified atom stereocenters. The van der Waals surface area contributed by atoms with Crippen LogP contribution in [0.15, 0.2) is 66.7 Å². The van der Waals surface area contributed by atoms with Crippen molar-refractivity contribution in [3.8, 4) is 0 Å². The summed E-state index contributed by atoms with van der Waals surface area (Å²) >= 11 is 5.90. The lowest BCUT2D eigenvalue weighted by Crippen LogP contribution is -2.29. The lowest BCUT2D eigenvalue weighted by Gasteiger charge is -2.13. The number of rotatable bonds is 4. The van der Waals surface area contributed by atoms with E-state index < -0.39 is 17.8 Å². The summed E-state index contributed by atoms with van der Waals surface area (Å²) in [6.45, 7) is 1.73. The molecule has 33 heavy (non-hydrogen) atoms. The summed E-state index contributed by atoms with van der Waals surface area (Å²) in [7, 11) is 0. The number of halogens is 1. The first-order valence-corrected chi connectivity index (χ1v) is 10.5. The van der Waals surface area contributed by atoms with Gasteiger partial charge in [0.2, 0.25) is 0 Å². The Morgan fingerprint density at radius 1 is 0.909 bits per heavy atom. The van der Waals surface area contributed by atoms with Crippen molar-refractivity contribution in [2.75, 3.05) is 4.90 Å². The first kappa shape index (κ1) is 20.8. The zero-order valence-electron chi connectivity index (χ0n) is 17.4. The first-order chi connectivity index (χ1) is 15.9. The van der Waals surface area contributed by atoms with Gasteiger partial charge in [0.25, 0.3) is 11.8 Å². The van der Waals surface area contributed by atoms with Crippen LogP contribution in [0.1, 0.15) is 42.5 Å². The maximum absolute atomic E-state index is 12.9. The molecule has 162 valence electrons. The second-order valence-electron chi connectivity index (χ2n) is 7.50. The van der Waals surface area contributed by atoms with Gasteiger partial charge in [0.15, 0.2) is 0 Å². The number of nitrogens with zero attached hydrogens (tertiary/aromatic N) is 3. The van der Waals surface area contributed by atoms with Crippen molar-refractivity contribution in [3.05, 3.63) is 99.8 Å². The summed E-state index contributed by atoms with van der Waals surface area (Å²) in [5.41, 5.74) is 3.61. The summed E-state index contributed by atoms with van der Waals surface area (Å²) in [5, 5.41) is 0.492. The van der Waals surface area contributed by atoms with E-state index in [1.807, 2.05) is 24.3 Å². The van der Waals surface area contributed by atoms with Crippen molar-refractivity contribution in [1.29, 1.82) is 0 Å². The van der Waals surface area contributed by atoms with Crippen LogP contribution in [-0.4, -0.2) is 27.8 Å². The van der Waals surface area contributed by atoms with E-state index >= 15 is 0 Å². The van der Waals surface area contributed by atoms with Crippen molar-refractivity contribution >= 4 is 46.1 Å². The zero-order valence-corrected chi connectivity index (χ0v) is 18.2. The molecule has 0 saturated heterocycles. The van der Waals surface area contributed by atoms with Gasteiger partial charge in [-0.1, -0.05) is 23.7 Å². The lowest BCUT2D eigenvalue weighted by molar-refractivity contribution is 0.0466. The summed E-state index contributed by atoms with van der Waals surface area (Å²) < 4.78 is 5.42. The highest BCUT2D eigenvalue weighted by molar-refractivity contribution is 6.35. The van der Waals surface area contributed by atoms with Crippen molar-refractivity contribution in [3.63, 3.8) is 0 Å². The Balaban J connectivity index is 1.36. The van der Waals surface area contributed by atoms with Crippen LogP contribution in [0.25, 0.3) is 11.0 Å².